The Morgan fingerprint density at radius 2 is 1.59 bits per heavy atom. The lowest BCUT2D eigenvalue weighted by atomic mass is 9.48. The number of nitrogens with zero attached hydrogens (tertiary/aromatic N) is 1. The third kappa shape index (κ3) is 4.08. The molecule has 0 amide bonds. The predicted molar refractivity (Wildman–Crippen MR) is 130 cm³/mol. The van der Waals surface area contributed by atoms with E-state index in [-0.39, 0.29) is 5.92 Å². The summed E-state index contributed by atoms with van der Waals surface area (Å²) in [5.41, 5.74) is 4.11. The number of likely N-dealkylation sites (tertiary alicyclic amines) is 1. The van der Waals surface area contributed by atoms with Gasteiger partial charge >= 0.3 is 5.97 Å². The Balaban J connectivity index is 1.11. The Bertz CT molecular complexity index is 1020. The molecule has 5 heteroatoms. The SMILES string of the molecule is COc1ccc(COc2ccc(CN3CC(C(=O)O)C3)cc2)cc1C12CC3CC(CC(C3)C1)C2. The highest BCUT2D eigenvalue weighted by Gasteiger charge is 2.52. The summed E-state index contributed by atoms with van der Waals surface area (Å²) in [4.78, 5) is 13.1. The maximum Gasteiger partial charge on any atom is 0.309 e. The van der Waals surface area contributed by atoms with Gasteiger partial charge in [0.1, 0.15) is 18.1 Å². The molecule has 1 aliphatic heterocycles. The van der Waals surface area contributed by atoms with E-state index in [1.54, 1.807) is 7.11 Å². The lowest BCUT2D eigenvalue weighted by Crippen LogP contribution is -2.49. The molecule has 1 saturated heterocycles. The number of benzene rings is 2. The van der Waals surface area contributed by atoms with Crippen molar-refractivity contribution in [1.82, 2.24) is 4.90 Å². The van der Waals surface area contributed by atoms with Gasteiger partial charge in [-0.2, -0.15) is 0 Å². The van der Waals surface area contributed by atoms with Crippen molar-refractivity contribution in [2.45, 2.75) is 57.1 Å². The maximum atomic E-state index is 11.0. The van der Waals surface area contributed by atoms with Gasteiger partial charge in [0, 0.05) is 25.2 Å². The van der Waals surface area contributed by atoms with Gasteiger partial charge in [-0.15, -0.1) is 0 Å². The first-order chi connectivity index (χ1) is 16.5. The molecule has 180 valence electrons. The normalized spacial score (nSPS) is 30.2. The van der Waals surface area contributed by atoms with E-state index in [1.165, 1.54) is 55.2 Å². The molecule has 34 heavy (non-hydrogen) atoms. The highest BCUT2D eigenvalue weighted by Crippen LogP contribution is 2.61. The van der Waals surface area contributed by atoms with Gasteiger partial charge in [0.25, 0.3) is 0 Å². The van der Waals surface area contributed by atoms with Crippen LogP contribution in [0.25, 0.3) is 0 Å². The van der Waals surface area contributed by atoms with Crippen LogP contribution < -0.4 is 9.47 Å². The molecule has 4 bridgehead atoms. The van der Waals surface area contributed by atoms with Crippen molar-refractivity contribution in [3.05, 3.63) is 59.2 Å². The van der Waals surface area contributed by atoms with E-state index < -0.39 is 5.97 Å². The molecular formula is C29H35NO4. The van der Waals surface area contributed by atoms with Gasteiger partial charge in [0.05, 0.1) is 13.0 Å². The summed E-state index contributed by atoms with van der Waals surface area (Å²) < 4.78 is 12.0. The van der Waals surface area contributed by atoms with Gasteiger partial charge < -0.3 is 14.6 Å². The summed E-state index contributed by atoms with van der Waals surface area (Å²) >= 11 is 0. The minimum Gasteiger partial charge on any atom is -0.496 e. The van der Waals surface area contributed by atoms with Gasteiger partial charge in [-0.1, -0.05) is 18.2 Å². The standard InChI is InChI=1S/C29H35NO4/c1-33-27-7-4-20(11-26(27)29-12-21-8-22(13-29)10-23(9-21)14-29)18-34-25-5-2-19(3-6-25)15-30-16-24(17-30)28(31)32/h2-7,11,21-24H,8-10,12-18H2,1H3,(H,31,32). The molecule has 0 aromatic heterocycles. The zero-order chi connectivity index (χ0) is 23.3. The van der Waals surface area contributed by atoms with Crippen molar-refractivity contribution in [2.75, 3.05) is 20.2 Å². The van der Waals surface area contributed by atoms with Crippen LogP contribution in [0.4, 0.5) is 0 Å². The summed E-state index contributed by atoms with van der Waals surface area (Å²) in [5, 5.41) is 9.03. The highest BCUT2D eigenvalue weighted by molar-refractivity contribution is 5.71. The number of carboxylic acids is 1. The molecule has 5 fully saturated rings. The Labute approximate surface area is 202 Å². The Kier molecular flexibility index (Phi) is 5.56. The monoisotopic (exact) mass is 461 g/mol. The van der Waals surface area contributed by atoms with Crippen molar-refractivity contribution >= 4 is 5.97 Å². The van der Waals surface area contributed by atoms with E-state index in [2.05, 4.69) is 35.2 Å². The fourth-order valence-electron chi connectivity index (χ4n) is 7.67. The molecule has 0 spiro atoms. The summed E-state index contributed by atoms with van der Waals surface area (Å²) in [5.74, 6) is 3.72. The molecule has 1 N–H and O–H groups in total. The number of hydrogen-bond donors (Lipinski definition) is 1. The molecule has 7 rings (SSSR count). The minimum absolute atomic E-state index is 0.213. The number of ether oxygens (including phenoxy) is 2. The van der Waals surface area contributed by atoms with Gasteiger partial charge in [0.15, 0.2) is 0 Å². The first kappa shape index (κ1) is 22.0. The molecule has 4 saturated carbocycles. The Morgan fingerprint density at radius 1 is 0.971 bits per heavy atom. The molecule has 5 nitrogen and oxygen atoms in total. The van der Waals surface area contributed by atoms with Crippen molar-refractivity contribution in [2.24, 2.45) is 23.7 Å². The maximum absolute atomic E-state index is 11.0. The third-order valence-electron chi connectivity index (χ3n) is 8.91. The van der Waals surface area contributed by atoms with Crippen LogP contribution in [0.5, 0.6) is 11.5 Å². The van der Waals surface area contributed by atoms with Crippen LogP contribution in [0.2, 0.25) is 0 Å². The van der Waals surface area contributed by atoms with Crippen LogP contribution in [0, 0.1) is 23.7 Å². The van der Waals surface area contributed by atoms with Crippen LogP contribution in [0.3, 0.4) is 0 Å². The van der Waals surface area contributed by atoms with Crippen molar-refractivity contribution in [3.8, 4) is 11.5 Å². The number of carboxylic acid groups (broad SMARTS) is 1. The highest BCUT2D eigenvalue weighted by atomic mass is 16.5. The average molecular weight is 462 g/mol. The van der Waals surface area contributed by atoms with Crippen LogP contribution >= 0.6 is 0 Å². The number of aliphatic carboxylic acids is 1. The van der Waals surface area contributed by atoms with Gasteiger partial charge in [-0.05, 0) is 97.1 Å². The molecule has 2 aromatic carbocycles. The summed E-state index contributed by atoms with van der Waals surface area (Å²) in [6.45, 7) is 2.61. The molecule has 4 aliphatic carbocycles. The van der Waals surface area contributed by atoms with E-state index in [1.807, 2.05) is 12.1 Å². The lowest BCUT2D eigenvalue weighted by Gasteiger charge is -2.57. The summed E-state index contributed by atoms with van der Waals surface area (Å²) in [6, 6.07) is 14.9. The fraction of sp³-hybridized carbons (Fsp3) is 0.552. The first-order valence-corrected chi connectivity index (χ1v) is 12.8. The molecule has 0 unspecified atom stereocenters. The second-order valence-corrected chi connectivity index (χ2v) is 11.4. The largest absolute Gasteiger partial charge is 0.496 e. The van der Waals surface area contributed by atoms with Crippen LogP contribution in [0.15, 0.2) is 42.5 Å². The van der Waals surface area contributed by atoms with Crippen LogP contribution in [0.1, 0.15) is 55.2 Å². The summed E-state index contributed by atoms with van der Waals surface area (Å²) in [6.07, 6.45) is 8.30. The topological polar surface area (TPSA) is 59.0 Å². The van der Waals surface area contributed by atoms with Crippen molar-refractivity contribution < 1.29 is 19.4 Å². The Morgan fingerprint density at radius 3 is 2.18 bits per heavy atom. The fourth-order valence-corrected chi connectivity index (χ4v) is 7.67. The van der Waals surface area contributed by atoms with E-state index in [0.717, 1.165) is 35.8 Å². The van der Waals surface area contributed by atoms with E-state index in [0.29, 0.717) is 25.1 Å². The second-order valence-electron chi connectivity index (χ2n) is 11.4. The first-order valence-electron chi connectivity index (χ1n) is 12.8. The number of rotatable bonds is 8. The van der Waals surface area contributed by atoms with Crippen molar-refractivity contribution in [3.63, 3.8) is 0 Å². The molecule has 0 atom stereocenters. The number of methoxy groups -OCH3 is 1. The lowest BCUT2D eigenvalue weighted by molar-refractivity contribution is -0.147. The van der Waals surface area contributed by atoms with E-state index in [4.69, 9.17) is 14.6 Å². The molecular weight excluding hydrogens is 426 g/mol. The Hall–Kier alpha value is -2.53. The second kappa shape index (κ2) is 8.60. The predicted octanol–water partition coefficient (Wildman–Crippen LogP) is 5.26. The average Bonchev–Trinajstić information content (AvgIpc) is 2.79. The van der Waals surface area contributed by atoms with Gasteiger partial charge in [-0.25, -0.2) is 0 Å². The molecule has 2 aromatic rings. The van der Waals surface area contributed by atoms with Crippen molar-refractivity contribution in [1.29, 1.82) is 0 Å². The molecule has 1 heterocycles. The quantitative estimate of drug-likeness (QED) is 0.581. The van der Waals surface area contributed by atoms with E-state index >= 15 is 0 Å². The minimum atomic E-state index is -0.690. The van der Waals surface area contributed by atoms with Gasteiger partial charge in [0.2, 0.25) is 0 Å². The smallest absolute Gasteiger partial charge is 0.309 e. The number of hydrogen-bond acceptors (Lipinski definition) is 4. The van der Waals surface area contributed by atoms with Crippen LogP contribution in [-0.4, -0.2) is 36.2 Å². The van der Waals surface area contributed by atoms with E-state index in [9.17, 15) is 4.79 Å². The summed E-state index contributed by atoms with van der Waals surface area (Å²) in [7, 11) is 1.80. The zero-order valence-electron chi connectivity index (χ0n) is 20.0. The van der Waals surface area contributed by atoms with Gasteiger partial charge in [-0.3, -0.25) is 9.69 Å². The zero-order valence-corrected chi connectivity index (χ0v) is 20.0. The molecule has 0 radical (unpaired) electrons. The third-order valence-corrected chi connectivity index (χ3v) is 8.91. The van der Waals surface area contributed by atoms with Crippen LogP contribution in [-0.2, 0) is 23.4 Å². The molecule has 5 aliphatic rings. The number of carbonyl (C=O) groups is 1.